The normalized spacial score (nSPS) is 14.8. The monoisotopic (exact) mass is 709 g/mol. The van der Waals surface area contributed by atoms with Gasteiger partial charge in [-0.15, -0.1) is 0 Å². The van der Waals surface area contributed by atoms with Crippen molar-refractivity contribution in [3.05, 3.63) is 64.7 Å². The third-order valence-corrected chi connectivity index (χ3v) is 10.3. The minimum absolute atomic E-state index is 0.143. The molecule has 0 fully saturated rings. The quantitative estimate of drug-likeness (QED) is 0.120. The van der Waals surface area contributed by atoms with Crippen molar-refractivity contribution in [2.24, 2.45) is 0 Å². The van der Waals surface area contributed by atoms with Gasteiger partial charge in [-0.25, -0.2) is 17.2 Å². The molecule has 0 spiro atoms. The highest BCUT2D eigenvalue weighted by molar-refractivity contribution is 7.91. The molecule has 0 aliphatic heterocycles. The number of halogens is 7. The van der Waals surface area contributed by atoms with E-state index >= 15 is 0 Å². The van der Waals surface area contributed by atoms with Crippen molar-refractivity contribution in [2.75, 3.05) is 31.1 Å². The molecule has 0 saturated heterocycles. The van der Waals surface area contributed by atoms with Gasteiger partial charge in [-0.3, -0.25) is 0 Å². The van der Waals surface area contributed by atoms with Crippen LogP contribution in [0.4, 0.5) is 30.7 Å². The zero-order valence-corrected chi connectivity index (χ0v) is 28.3. The molecular weight excluding hydrogens is 663 g/mol. The van der Waals surface area contributed by atoms with E-state index in [2.05, 4.69) is 0 Å². The molecule has 0 heterocycles. The van der Waals surface area contributed by atoms with Gasteiger partial charge in [0.05, 0.1) is 17.1 Å². The van der Waals surface area contributed by atoms with E-state index < -0.39 is 57.8 Å². The maximum atomic E-state index is 14.2. The number of fused-ring (bicyclic) bond motifs is 1. The number of sulfone groups is 1. The SMILES string of the molecule is CC(C)(O)CN(CCCCCCC1=C(c2ccc(F)c(F)c2)CCCc2cc(O)ccc21)CCCS(=O)(=O)CCCC(F)(F)C(F)(F)F. The number of alkyl halides is 5. The summed E-state index contributed by atoms with van der Waals surface area (Å²) in [5.74, 6) is -7.70. The molecule has 0 atom stereocenters. The zero-order valence-electron chi connectivity index (χ0n) is 27.5. The first kappa shape index (κ1) is 39.8. The van der Waals surface area contributed by atoms with Crippen molar-refractivity contribution < 1.29 is 49.4 Å². The smallest absolute Gasteiger partial charge is 0.453 e. The number of rotatable bonds is 18. The van der Waals surface area contributed by atoms with E-state index in [4.69, 9.17) is 0 Å². The summed E-state index contributed by atoms with van der Waals surface area (Å²) in [4.78, 5) is 1.92. The van der Waals surface area contributed by atoms with E-state index in [-0.39, 0.29) is 24.5 Å². The average molecular weight is 710 g/mol. The Morgan fingerprint density at radius 1 is 0.812 bits per heavy atom. The van der Waals surface area contributed by atoms with Crippen LogP contribution in [-0.4, -0.2) is 72.4 Å². The first-order valence-electron chi connectivity index (χ1n) is 16.4. The highest BCUT2D eigenvalue weighted by atomic mass is 32.2. The number of phenolic OH excluding ortho intramolecular Hbond substituents is 1. The van der Waals surface area contributed by atoms with Gasteiger partial charge in [0.1, 0.15) is 15.6 Å². The fraction of sp³-hybridized carbons (Fsp3) is 0.600. The standard InChI is InChI=1S/C35H46F7NO4S/c1-33(2,45)24-43(19-9-21-48(46,47)20-8-17-34(38,39)35(40,41)42)18-6-4-3-5-11-30-28(26-13-16-31(36)32(37)23-26)12-7-10-25-22-27(44)14-15-29(25)30/h13-16,22-23,44-45H,3-12,17-21,24H2,1-2H3. The van der Waals surface area contributed by atoms with Crippen LogP contribution in [0.25, 0.3) is 11.1 Å². The van der Waals surface area contributed by atoms with Crippen molar-refractivity contribution in [2.45, 2.75) is 102 Å². The van der Waals surface area contributed by atoms with Gasteiger partial charge in [0.2, 0.25) is 0 Å². The Hall–Kier alpha value is -2.64. The topological polar surface area (TPSA) is 77.8 Å². The molecule has 13 heteroatoms. The van der Waals surface area contributed by atoms with Crippen molar-refractivity contribution in [1.29, 1.82) is 0 Å². The van der Waals surface area contributed by atoms with Crippen LogP contribution in [0.15, 0.2) is 36.4 Å². The van der Waals surface area contributed by atoms with Crippen LogP contribution in [-0.2, 0) is 16.3 Å². The van der Waals surface area contributed by atoms with Crippen LogP contribution in [0.2, 0.25) is 0 Å². The second kappa shape index (κ2) is 16.8. The molecule has 1 aliphatic carbocycles. The Morgan fingerprint density at radius 3 is 2.15 bits per heavy atom. The van der Waals surface area contributed by atoms with Crippen molar-refractivity contribution in [3.63, 3.8) is 0 Å². The van der Waals surface area contributed by atoms with Crippen LogP contribution in [0.3, 0.4) is 0 Å². The van der Waals surface area contributed by atoms with Gasteiger partial charge in [-0.2, -0.15) is 22.0 Å². The van der Waals surface area contributed by atoms with Crippen molar-refractivity contribution in [1.82, 2.24) is 4.90 Å². The molecule has 0 unspecified atom stereocenters. The minimum Gasteiger partial charge on any atom is -0.508 e. The lowest BCUT2D eigenvalue weighted by atomic mass is 9.89. The molecule has 0 bridgehead atoms. The molecule has 2 aromatic rings. The Labute approximate surface area is 278 Å². The van der Waals surface area contributed by atoms with Gasteiger partial charge in [0.25, 0.3) is 0 Å². The van der Waals surface area contributed by atoms with Crippen LogP contribution in [0.5, 0.6) is 5.75 Å². The molecule has 48 heavy (non-hydrogen) atoms. The second-order valence-corrected chi connectivity index (χ2v) is 15.6. The third-order valence-electron chi connectivity index (χ3n) is 8.47. The van der Waals surface area contributed by atoms with Gasteiger partial charge in [0, 0.05) is 13.0 Å². The number of phenols is 1. The molecule has 1 aliphatic rings. The number of aryl methyl sites for hydroxylation is 1. The predicted molar refractivity (Wildman–Crippen MR) is 174 cm³/mol. The summed E-state index contributed by atoms with van der Waals surface area (Å²) >= 11 is 0. The van der Waals surface area contributed by atoms with E-state index in [1.54, 1.807) is 32.0 Å². The largest absolute Gasteiger partial charge is 0.508 e. The Bertz CT molecular complexity index is 1500. The molecule has 270 valence electrons. The number of unbranched alkanes of at least 4 members (excludes halogenated alkanes) is 3. The van der Waals surface area contributed by atoms with E-state index in [9.17, 15) is 49.4 Å². The summed E-state index contributed by atoms with van der Waals surface area (Å²) in [6.45, 7) is 4.38. The van der Waals surface area contributed by atoms with Gasteiger partial charge in [-0.1, -0.05) is 25.0 Å². The number of hydrogen-bond acceptors (Lipinski definition) is 5. The molecule has 0 amide bonds. The molecular formula is C35H46F7NO4S. The van der Waals surface area contributed by atoms with Crippen LogP contribution < -0.4 is 0 Å². The van der Waals surface area contributed by atoms with Gasteiger partial charge < -0.3 is 15.1 Å². The van der Waals surface area contributed by atoms with Crippen LogP contribution >= 0.6 is 0 Å². The summed E-state index contributed by atoms with van der Waals surface area (Å²) in [6.07, 6.45) is -1.84. The first-order chi connectivity index (χ1) is 22.3. The van der Waals surface area contributed by atoms with E-state index in [0.717, 1.165) is 66.9 Å². The van der Waals surface area contributed by atoms with E-state index in [1.165, 1.54) is 6.07 Å². The van der Waals surface area contributed by atoms with Gasteiger partial charge >= 0.3 is 12.1 Å². The Morgan fingerprint density at radius 2 is 1.48 bits per heavy atom. The van der Waals surface area contributed by atoms with Gasteiger partial charge in [0.15, 0.2) is 11.6 Å². The summed E-state index contributed by atoms with van der Waals surface area (Å²) in [6, 6.07) is 9.20. The maximum absolute atomic E-state index is 14.2. The molecule has 3 rings (SSSR count). The summed E-state index contributed by atoms with van der Waals surface area (Å²) in [5.41, 5.74) is 3.57. The zero-order chi connectivity index (χ0) is 35.8. The number of allylic oxidation sites excluding steroid dienone is 2. The molecule has 2 aromatic carbocycles. The fourth-order valence-electron chi connectivity index (χ4n) is 6.21. The molecule has 0 saturated carbocycles. The van der Waals surface area contributed by atoms with E-state index in [0.29, 0.717) is 31.5 Å². The Balaban J connectivity index is 1.55. The van der Waals surface area contributed by atoms with Crippen LogP contribution in [0, 0.1) is 11.6 Å². The fourth-order valence-corrected chi connectivity index (χ4v) is 7.57. The minimum atomic E-state index is -5.72. The third kappa shape index (κ3) is 12.4. The van der Waals surface area contributed by atoms with Crippen LogP contribution in [0.1, 0.15) is 94.7 Å². The summed E-state index contributed by atoms with van der Waals surface area (Å²) in [5, 5.41) is 20.4. The summed E-state index contributed by atoms with van der Waals surface area (Å²) < 4.78 is 116. The molecule has 0 aromatic heterocycles. The number of benzene rings is 2. The van der Waals surface area contributed by atoms with E-state index in [1.807, 2.05) is 11.0 Å². The average Bonchev–Trinajstić information content (AvgIpc) is 3.13. The lowest BCUT2D eigenvalue weighted by molar-refractivity contribution is -0.284. The number of aliphatic hydroxyl groups is 1. The maximum Gasteiger partial charge on any atom is 0.453 e. The predicted octanol–water partition coefficient (Wildman–Crippen LogP) is 8.72. The number of hydrogen-bond donors (Lipinski definition) is 2. The lowest BCUT2D eigenvalue weighted by Crippen LogP contribution is -2.40. The molecule has 2 N–H and O–H groups in total. The Kier molecular flexibility index (Phi) is 14.0. The highest BCUT2D eigenvalue weighted by Crippen LogP contribution is 2.40. The number of nitrogens with zero attached hydrogens (tertiary/aromatic N) is 1. The van der Waals surface area contributed by atoms with Gasteiger partial charge in [-0.05, 0) is 130 Å². The molecule has 0 radical (unpaired) electrons. The highest BCUT2D eigenvalue weighted by Gasteiger charge is 2.56. The van der Waals surface area contributed by atoms with Crippen molar-refractivity contribution >= 4 is 21.0 Å². The molecule has 5 nitrogen and oxygen atoms in total. The second-order valence-electron chi connectivity index (χ2n) is 13.3. The number of aromatic hydroxyl groups is 1. The first-order valence-corrected chi connectivity index (χ1v) is 18.2. The van der Waals surface area contributed by atoms with Crippen molar-refractivity contribution in [3.8, 4) is 5.75 Å². The summed E-state index contributed by atoms with van der Waals surface area (Å²) in [7, 11) is -3.84. The lowest BCUT2D eigenvalue weighted by Gasteiger charge is -2.29.